The van der Waals surface area contributed by atoms with Crippen molar-refractivity contribution in [3.8, 4) is 0 Å². The number of imidazole rings is 1. The lowest BCUT2D eigenvalue weighted by molar-refractivity contribution is 0.0690. The van der Waals surface area contributed by atoms with E-state index < -0.39 is 11.9 Å². The number of carbonyl (C=O) groups is 2. The zero-order chi connectivity index (χ0) is 12.4. The third-order valence-corrected chi connectivity index (χ3v) is 2.10. The van der Waals surface area contributed by atoms with E-state index in [1.54, 1.807) is 11.6 Å². The van der Waals surface area contributed by atoms with Gasteiger partial charge in [0.15, 0.2) is 5.82 Å². The summed E-state index contributed by atoms with van der Waals surface area (Å²) in [6.07, 6.45) is 2.89. The first-order valence-electron chi connectivity index (χ1n) is 4.64. The van der Waals surface area contributed by atoms with Crippen LogP contribution < -0.4 is 5.32 Å². The van der Waals surface area contributed by atoms with Gasteiger partial charge in [0.25, 0.3) is 5.91 Å². The van der Waals surface area contributed by atoms with E-state index in [0.717, 1.165) is 0 Å². The fourth-order valence-corrected chi connectivity index (χ4v) is 1.25. The number of nitrogens with one attached hydrogen (secondary N) is 2. The van der Waals surface area contributed by atoms with Gasteiger partial charge in [-0.15, -0.1) is 0 Å². The Bertz CT molecular complexity index is 571. The maximum atomic E-state index is 11.7. The molecule has 2 rings (SSSR count). The molecule has 17 heavy (non-hydrogen) atoms. The number of aromatic carboxylic acids is 1. The van der Waals surface area contributed by atoms with Gasteiger partial charge < -0.3 is 15.0 Å². The van der Waals surface area contributed by atoms with Crippen molar-refractivity contribution < 1.29 is 14.7 Å². The number of rotatable bonds is 3. The van der Waals surface area contributed by atoms with Crippen LogP contribution >= 0.6 is 0 Å². The van der Waals surface area contributed by atoms with E-state index in [0.29, 0.717) is 5.69 Å². The summed E-state index contributed by atoms with van der Waals surface area (Å²) in [5.74, 6) is -1.40. The van der Waals surface area contributed by atoms with Gasteiger partial charge in [-0.2, -0.15) is 5.10 Å². The number of nitrogens with zero attached hydrogens (tertiary/aromatic N) is 3. The summed E-state index contributed by atoms with van der Waals surface area (Å²) in [5, 5.41) is 17.1. The topological polar surface area (TPSA) is 113 Å². The maximum Gasteiger partial charge on any atom is 0.353 e. The first kappa shape index (κ1) is 10.9. The number of amides is 1. The van der Waals surface area contributed by atoms with Gasteiger partial charge in [0, 0.05) is 13.1 Å². The van der Waals surface area contributed by atoms with Crippen molar-refractivity contribution in [1.82, 2.24) is 19.7 Å². The van der Waals surface area contributed by atoms with Crippen molar-refractivity contribution >= 4 is 17.7 Å². The van der Waals surface area contributed by atoms with Crippen molar-refractivity contribution in [3.05, 3.63) is 30.0 Å². The summed E-state index contributed by atoms with van der Waals surface area (Å²) < 4.78 is 1.54. The Hall–Kier alpha value is -2.64. The molecule has 2 heterocycles. The Labute approximate surface area is 95.3 Å². The Kier molecular flexibility index (Phi) is 2.61. The van der Waals surface area contributed by atoms with Crippen LogP contribution in [0.15, 0.2) is 18.6 Å². The number of carboxylic acids is 1. The first-order chi connectivity index (χ1) is 8.08. The molecule has 0 aliphatic heterocycles. The number of aromatic nitrogens is 4. The lowest BCUT2D eigenvalue weighted by Crippen LogP contribution is -2.15. The molecular weight excluding hydrogens is 226 g/mol. The molecular formula is C9H9N5O3. The number of carbonyl (C=O) groups excluding carboxylic acids is 1. The van der Waals surface area contributed by atoms with Crippen LogP contribution in [-0.4, -0.2) is 36.7 Å². The SMILES string of the molecule is Cn1cncc1C(=O)Nc1cc(C(=O)O)[nH]n1. The first-order valence-corrected chi connectivity index (χ1v) is 4.64. The summed E-state index contributed by atoms with van der Waals surface area (Å²) in [7, 11) is 1.68. The quantitative estimate of drug-likeness (QED) is 0.698. The van der Waals surface area contributed by atoms with Crippen LogP contribution in [0.2, 0.25) is 0 Å². The minimum absolute atomic E-state index is 0.0923. The molecule has 0 atom stereocenters. The van der Waals surface area contributed by atoms with Crippen molar-refractivity contribution in [2.45, 2.75) is 0 Å². The second kappa shape index (κ2) is 4.08. The average molecular weight is 235 g/mol. The fraction of sp³-hybridized carbons (Fsp3) is 0.111. The molecule has 0 aliphatic rings. The van der Waals surface area contributed by atoms with Gasteiger partial charge in [-0.05, 0) is 0 Å². The van der Waals surface area contributed by atoms with Gasteiger partial charge in [-0.25, -0.2) is 9.78 Å². The third kappa shape index (κ3) is 2.14. The van der Waals surface area contributed by atoms with Crippen LogP contribution in [0.5, 0.6) is 0 Å². The lowest BCUT2D eigenvalue weighted by Gasteiger charge is -2.01. The average Bonchev–Trinajstić information content (AvgIpc) is 2.86. The van der Waals surface area contributed by atoms with Gasteiger partial charge in [0.05, 0.1) is 12.5 Å². The highest BCUT2D eigenvalue weighted by Gasteiger charge is 2.13. The second-order valence-corrected chi connectivity index (χ2v) is 3.32. The number of hydrogen-bond acceptors (Lipinski definition) is 4. The van der Waals surface area contributed by atoms with Gasteiger partial charge in [0.1, 0.15) is 11.4 Å². The number of aromatic amines is 1. The highest BCUT2D eigenvalue weighted by Crippen LogP contribution is 2.07. The highest BCUT2D eigenvalue weighted by molar-refractivity contribution is 6.02. The number of hydrogen-bond donors (Lipinski definition) is 3. The molecule has 0 bridgehead atoms. The molecule has 1 amide bonds. The second-order valence-electron chi connectivity index (χ2n) is 3.32. The molecule has 8 nitrogen and oxygen atoms in total. The number of H-pyrrole nitrogens is 1. The summed E-state index contributed by atoms with van der Waals surface area (Å²) in [4.78, 5) is 26.1. The zero-order valence-corrected chi connectivity index (χ0v) is 8.84. The lowest BCUT2D eigenvalue weighted by atomic mass is 10.4. The minimum Gasteiger partial charge on any atom is -0.477 e. The van der Waals surface area contributed by atoms with E-state index in [1.807, 2.05) is 0 Å². The molecule has 2 aromatic heterocycles. The van der Waals surface area contributed by atoms with E-state index in [2.05, 4.69) is 20.5 Å². The van der Waals surface area contributed by atoms with E-state index >= 15 is 0 Å². The molecule has 0 unspecified atom stereocenters. The molecule has 0 radical (unpaired) electrons. The summed E-state index contributed by atoms with van der Waals surface area (Å²) in [6.45, 7) is 0. The van der Waals surface area contributed by atoms with Crippen molar-refractivity contribution in [2.75, 3.05) is 5.32 Å². The Morgan fingerprint density at radius 3 is 2.82 bits per heavy atom. The van der Waals surface area contributed by atoms with Crippen LogP contribution in [0.3, 0.4) is 0 Å². The molecule has 0 spiro atoms. The van der Waals surface area contributed by atoms with Crippen LogP contribution in [-0.2, 0) is 7.05 Å². The van der Waals surface area contributed by atoms with Crippen molar-refractivity contribution in [1.29, 1.82) is 0 Å². The fourth-order valence-electron chi connectivity index (χ4n) is 1.25. The zero-order valence-electron chi connectivity index (χ0n) is 8.84. The predicted molar refractivity (Wildman–Crippen MR) is 56.7 cm³/mol. The van der Waals surface area contributed by atoms with Crippen LogP contribution in [0.25, 0.3) is 0 Å². The monoisotopic (exact) mass is 235 g/mol. The van der Waals surface area contributed by atoms with Crippen molar-refractivity contribution in [3.63, 3.8) is 0 Å². The standard InChI is InChI=1S/C9H9N5O3/c1-14-4-10-3-6(14)8(15)11-7-2-5(9(16)17)12-13-7/h2-4H,1H3,(H,16,17)(H2,11,12,13,15). The smallest absolute Gasteiger partial charge is 0.353 e. The molecule has 0 aliphatic carbocycles. The molecule has 0 saturated heterocycles. The molecule has 0 fully saturated rings. The molecule has 2 aromatic rings. The summed E-state index contributed by atoms with van der Waals surface area (Å²) >= 11 is 0. The third-order valence-electron chi connectivity index (χ3n) is 2.10. The van der Waals surface area contributed by atoms with Crippen LogP contribution in [0.4, 0.5) is 5.82 Å². The molecule has 88 valence electrons. The largest absolute Gasteiger partial charge is 0.477 e. The van der Waals surface area contributed by atoms with E-state index in [-0.39, 0.29) is 11.5 Å². The van der Waals surface area contributed by atoms with Gasteiger partial charge >= 0.3 is 5.97 Å². The van der Waals surface area contributed by atoms with E-state index in [1.165, 1.54) is 18.6 Å². The number of aryl methyl sites for hydroxylation is 1. The normalized spacial score (nSPS) is 10.2. The van der Waals surface area contributed by atoms with Crippen LogP contribution in [0, 0.1) is 0 Å². The van der Waals surface area contributed by atoms with E-state index in [9.17, 15) is 9.59 Å². The Morgan fingerprint density at radius 1 is 1.53 bits per heavy atom. The number of carboxylic acid groups (broad SMARTS) is 1. The van der Waals surface area contributed by atoms with E-state index in [4.69, 9.17) is 5.11 Å². The minimum atomic E-state index is -1.14. The van der Waals surface area contributed by atoms with Gasteiger partial charge in [0.2, 0.25) is 0 Å². The summed E-state index contributed by atoms with van der Waals surface area (Å²) in [5.41, 5.74) is 0.259. The molecule has 3 N–H and O–H groups in total. The maximum absolute atomic E-state index is 11.7. The highest BCUT2D eigenvalue weighted by atomic mass is 16.4. The number of anilines is 1. The van der Waals surface area contributed by atoms with Gasteiger partial charge in [-0.3, -0.25) is 9.89 Å². The van der Waals surface area contributed by atoms with Crippen LogP contribution in [0.1, 0.15) is 21.0 Å². The summed E-state index contributed by atoms with van der Waals surface area (Å²) in [6, 6.07) is 1.23. The van der Waals surface area contributed by atoms with Crippen molar-refractivity contribution in [2.24, 2.45) is 7.05 Å². The Balaban J connectivity index is 2.13. The molecule has 0 aromatic carbocycles. The predicted octanol–water partition coefficient (Wildman–Crippen LogP) is 0.0937. The molecule has 0 saturated carbocycles. The van der Waals surface area contributed by atoms with Gasteiger partial charge in [-0.1, -0.05) is 0 Å². The Morgan fingerprint density at radius 2 is 2.29 bits per heavy atom. The molecule has 8 heteroatoms.